The zero-order valence-electron chi connectivity index (χ0n) is 20.6. The molecule has 8 nitrogen and oxygen atoms in total. The van der Waals surface area contributed by atoms with Gasteiger partial charge < -0.3 is 24.8 Å². The number of nitrogens with zero attached hydrogens (tertiary/aromatic N) is 2. The summed E-state index contributed by atoms with van der Waals surface area (Å²) >= 11 is 0. The van der Waals surface area contributed by atoms with Gasteiger partial charge in [-0.05, 0) is 35.4 Å². The Morgan fingerprint density at radius 1 is 1.18 bits per heavy atom. The van der Waals surface area contributed by atoms with Gasteiger partial charge in [0.15, 0.2) is 11.5 Å². The predicted octanol–water partition coefficient (Wildman–Crippen LogP) is 4.31. The van der Waals surface area contributed by atoms with Crippen molar-refractivity contribution in [2.45, 2.75) is 33.1 Å². The number of rotatable bonds is 7. The molecule has 0 spiro atoms. The van der Waals surface area contributed by atoms with E-state index in [0.29, 0.717) is 35.9 Å². The Morgan fingerprint density at radius 2 is 1.85 bits per heavy atom. The van der Waals surface area contributed by atoms with Gasteiger partial charge in [-0.2, -0.15) is 0 Å². The van der Waals surface area contributed by atoms with E-state index < -0.39 is 6.09 Å². The van der Waals surface area contributed by atoms with Crippen LogP contribution in [0.4, 0.5) is 10.5 Å². The van der Waals surface area contributed by atoms with E-state index in [0.717, 1.165) is 16.7 Å². The fourth-order valence-electron chi connectivity index (χ4n) is 4.38. The maximum absolute atomic E-state index is 12.7. The monoisotopic (exact) mass is 467 g/mol. The molecule has 0 saturated carbocycles. The number of nitrogens with one attached hydrogen (secondary N) is 1. The highest BCUT2D eigenvalue weighted by Gasteiger charge is 2.28. The number of carboxylic acid groups (broad SMARTS) is 1. The second kappa shape index (κ2) is 10.2. The van der Waals surface area contributed by atoms with E-state index in [1.54, 1.807) is 32.2 Å². The Kier molecular flexibility index (Phi) is 7.49. The van der Waals surface area contributed by atoms with Gasteiger partial charge in [0.2, 0.25) is 5.91 Å². The highest BCUT2D eigenvalue weighted by atomic mass is 16.5. The smallest absolute Gasteiger partial charge is 0.404 e. The van der Waals surface area contributed by atoms with Crippen LogP contribution in [0, 0.1) is 5.41 Å². The first-order chi connectivity index (χ1) is 16.1. The van der Waals surface area contributed by atoms with Crippen molar-refractivity contribution in [2.24, 2.45) is 10.4 Å². The largest absolute Gasteiger partial charge is 0.493 e. The molecule has 1 unspecified atom stereocenters. The summed E-state index contributed by atoms with van der Waals surface area (Å²) in [5.41, 5.74) is 4.06. The molecule has 182 valence electrons. The molecule has 1 aliphatic heterocycles. The molecule has 1 aliphatic rings. The number of benzene rings is 2. The van der Waals surface area contributed by atoms with Gasteiger partial charge in [-0.1, -0.05) is 39.0 Å². The SMILES string of the molecule is COc1cc2c(cc1OC)N(C)C(=O)CN=C2c1cccc(C(CCNC(=O)O)C(C)(C)C)c1. The van der Waals surface area contributed by atoms with E-state index in [1.807, 2.05) is 18.2 Å². The van der Waals surface area contributed by atoms with Crippen molar-refractivity contribution in [2.75, 3.05) is 39.3 Å². The zero-order valence-corrected chi connectivity index (χ0v) is 20.6. The Morgan fingerprint density at radius 3 is 2.47 bits per heavy atom. The van der Waals surface area contributed by atoms with Gasteiger partial charge in [-0.3, -0.25) is 9.79 Å². The minimum atomic E-state index is -1.02. The van der Waals surface area contributed by atoms with Crippen LogP contribution in [0.1, 0.15) is 49.8 Å². The first kappa shape index (κ1) is 25.1. The standard InChI is InChI=1S/C26H33N3O5/c1-26(2,3)19(10-11-27-25(31)32)16-8-7-9-17(12-16)24-18-13-21(33-5)22(34-6)14-20(18)29(4)23(30)15-28-24/h7-9,12-14,19,27H,10-11,15H2,1-6H3,(H,31,32). The van der Waals surface area contributed by atoms with Crippen LogP contribution in [0.25, 0.3) is 0 Å². The molecular formula is C26H33N3O5. The first-order valence-corrected chi connectivity index (χ1v) is 11.2. The van der Waals surface area contributed by atoms with E-state index in [9.17, 15) is 9.59 Å². The number of carbonyl (C=O) groups excluding carboxylic acids is 1. The molecule has 2 aromatic rings. The quantitative estimate of drug-likeness (QED) is 0.632. The first-order valence-electron chi connectivity index (χ1n) is 11.2. The van der Waals surface area contributed by atoms with Crippen molar-refractivity contribution in [1.82, 2.24) is 5.32 Å². The number of likely N-dealkylation sites (N-methyl/N-ethyl adjacent to an activating group) is 1. The maximum Gasteiger partial charge on any atom is 0.404 e. The molecule has 0 bridgehead atoms. The van der Waals surface area contributed by atoms with Crippen LogP contribution >= 0.6 is 0 Å². The summed E-state index contributed by atoms with van der Waals surface area (Å²) in [6.45, 7) is 6.83. The lowest BCUT2D eigenvalue weighted by atomic mass is 9.74. The molecular weight excluding hydrogens is 434 g/mol. The number of ether oxygens (including phenoxy) is 2. The number of aliphatic imine (C=N–C) groups is 1. The fraction of sp³-hybridized carbons (Fsp3) is 0.423. The summed E-state index contributed by atoms with van der Waals surface area (Å²) in [5.74, 6) is 1.08. The molecule has 0 aromatic heterocycles. The molecule has 8 heteroatoms. The number of benzodiazepines with no additional fused rings is 1. The Labute approximate surface area is 200 Å². The van der Waals surface area contributed by atoms with E-state index in [4.69, 9.17) is 14.6 Å². The van der Waals surface area contributed by atoms with E-state index in [1.165, 1.54) is 0 Å². The minimum Gasteiger partial charge on any atom is -0.493 e. The number of hydrogen-bond acceptors (Lipinski definition) is 5. The lowest BCUT2D eigenvalue weighted by Gasteiger charge is -2.31. The third kappa shape index (κ3) is 5.32. The summed E-state index contributed by atoms with van der Waals surface area (Å²) in [6.07, 6.45) is -0.363. The van der Waals surface area contributed by atoms with Crippen LogP contribution in [0.5, 0.6) is 11.5 Å². The molecule has 0 saturated heterocycles. The van der Waals surface area contributed by atoms with Gasteiger partial charge in [0, 0.05) is 30.8 Å². The minimum absolute atomic E-state index is 0.0284. The van der Waals surface area contributed by atoms with Gasteiger partial charge in [0.1, 0.15) is 6.54 Å². The molecule has 2 N–H and O–H groups in total. The topological polar surface area (TPSA) is 100 Å². The molecule has 2 aromatic carbocycles. The molecule has 34 heavy (non-hydrogen) atoms. The van der Waals surface area contributed by atoms with Crippen LogP contribution in [0.3, 0.4) is 0 Å². The lowest BCUT2D eigenvalue weighted by Crippen LogP contribution is -2.28. The Balaban J connectivity index is 2.10. The molecule has 3 rings (SSSR count). The Bertz CT molecular complexity index is 1100. The fourth-order valence-corrected chi connectivity index (χ4v) is 4.38. The van der Waals surface area contributed by atoms with Gasteiger partial charge >= 0.3 is 6.09 Å². The highest BCUT2D eigenvalue weighted by molar-refractivity contribution is 6.20. The van der Waals surface area contributed by atoms with Crippen LogP contribution in [-0.2, 0) is 4.79 Å². The molecule has 0 aliphatic carbocycles. The number of amides is 2. The van der Waals surface area contributed by atoms with Gasteiger partial charge in [-0.25, -0.2) is 4.79 Å². The van der Waals surface area contributed by atoms with Crippen molar-refractivity contribution in [3.05, 3.63) is 53.1 Å². The van der Waals surface area contributed by atoms with E-state index in [2.05, 4.69) is 43.2 Å². The van der Waals surface area contributed by atoms with Gasteiger partial charge in [-0.15, -0.1) is 0 Å². The maximum atomic E-state index is 12.7. The van der Waals surface area contributed by atoms with E-state index >= 15 is 0 Å². The summed E-state index contributed by atoms with van der Waals surface area (Å²) in [5, 5.41) is 11.5. The number of carbonyl (C=O) groups is 2. The number of anilines is 1. The van der Waals surface area contributed by atoms with Crippen molar-refractivity contribution in [3.8, 4) is 11.5 Å². The normalized spacial score (nSPS) is 14.6. The van der Waals surface area contributed by atoms with Crippen molar-refractivity contribution >= 4 is 23.4 Å². The molecule has 0 fully saturated rings. The Hall–Kier alpha value is -3.55. The predicted molar refractivity (Wildman–Crippen MR) is 133 cm³/mol. The molecule has 0 radical (unpaired) electrons. The zero-order chi connectivity index (χ0) is 25.0. The van der Waals surface area contributed by atoms with Crippen LogP contribution in [0.2, 0.25) is 0 Å². The summed E-state index contributed by atoms with van der Waals surface area (Å²) in [4.78, 5) is 29.9. The van der Waals surface area contributed by atoms with Gasteiger partial charge in [0.05, 0.1) is 25.6 Å². The molecule has 2 amide bonds. The summed E-state index contributed by atoms with van der Waals surface area (Å²) in [7, 11) is 4.87. The third-order valence-corrected chi connectivity index (χ3v) is 6.18. The molecule has 1 heterocycles. The second-order valence-corrected chi connectivity index (χ2v) is 9.41. The third-order valence-electron chi connectivity index (χ3n) is 6.18. The average molecular weight is 468 g/mol. The van der Waals surface area contributed by atoms with E-state index in [-0.39, 0.29) is 23.8 Å². The van der Waals surface area contributed by atoms with Crippen LogP contribution < -0.4 is 19.7 Å². The van der Waals surface area contributed by atoms with Gasteiger partial charge in [0.25, 0.3) is 0 Å². The van der Waals surface area contributed by atoms with Crippen molar-refractivity contribution in [1.29, 1.82) is 0 Å². The second-order valence-electron chi connectivity index (χ2n) is 9.41. The number of hydrogen-bond donors (Lipinski definition) is 2. The number of fused-ring (bicyclic) bond motifs is 1. The summed E-state index contributed by atoms with van der Waals surface area (Å²) in [6, 6.07) is 11.8. The van der Waals surface area contributed by atoms with Crippen molar-refractivity contribution < 1.29 is 24.2 Å². The van der Waals surface area contributed by atoms with Crippen molar-refractivity contribution in [3.63, 3.8) is 0 Å². The summed E-state index contributed by atoms with van der Waals surface area (Å²) < 4.78 is 11.0. The lowest BCUT2D eigenvalue weighted by molar-refractivity contribution is -0.116. The number of methoxy groups -OCH3 is 2. The molecule has 1 atom stereocenters. The average Bonchev–Trinajstić information content (AvgIpc) is 2.91. The van der Waals surface area contributed by atoms with Crippen LogP contribution in [0.15, 0.2) is 41.4 Å². The highest BCUT2D eigenvalue weighted by Crippen LogP contribution is 2.40. The van der Waals surface area contributed by atoms with Crippen LogP contribution in [-0.4, -0.2) is 57.2 Å².